The summed E-state index contributed by atoms with van der Waals surface area (Å²) in [7, 11) is 0. The number of rotatable bonds is 2. The quantitative estimate of drug-likeness (QED) is 0.783. The average Bonchev–Trinajstić information content (AvgIpc) is 3.20. The smallest absolute Gasteiger partial charge is 0.109 e. The molecule has 3 heteroatoms. The highest BCUT2D eigenvalue weighted by Gasteiger charge is 2.22. The Morgan fingerprint density at radius 3 is 2.32 bits per heavy atom. The van der Waals surface area contributed by atoms with Gasteiger partial charge in [0.15, 0.2) is 0 Å². The molecular weight excluding hydrogens is 272 g/mol. The van der Waals surface area contributed by atoms with Gasteiger partial charge in [-0.05, 0) is 17.5 Å². The fourth-order valence-corrected chi connectivity index (χ4v) is 2.81. The maximum Gasteiger partial charge on any atom is 0.109 e. The van der Waals surface area contributed by atoms with Crippen LogP contribution in [0.1, 0.15) is 29.4 Å². The standard InChI is InChI=1S/C12H12N2.C7H8O/c1-2-4-10(5-3-1)11-6-7-12-13-8-9-14(11)12;8-6-7-4-2-1-3-5-7/h1-5,8-9,11H,6-7H2;1-5,8H,6H2/t11-;/m1./s1. The maximum atomic E-state index is 8.54. The van der Waals surface area contributed by atoms with Gasteiger partial charge in [0.2, 0.25) is 0 Å². The Hall–Kier alpha value is -2.39. The lowest BCUT2D eigenvalue weighted by Gasteiger charge is -2.12. The zero-order chi connectivity index (χ0) is 15.2. The van der Waals surface area contributed by atoms with E-state index in [9.17, 15) is 0 Å². The van der Waals surface area contributed by atoms with Crippen LogP contribution in [0, 0.1) is 0 Å². The number of fused-ring (bicyclic) bond motifs is 1. The van der Waals surface area contributed by atoms with E-state index in [1.54, 1.807) is 0 Å². The number of nitrogens with zero attached hydrogens (tertiary/aromatic N) is 2. The minimum atomic E-state index is 0.140. The summed E-state index contributed by atoms with van der Waals surface area (Å²) in [5.74, 6) is 1.22. The second kappa shape index (κ2) is 7.05. The summed E-state index contributed by atoms with van der Waals surface area (Å²) in [6, 6.07) is 20.7. The number of aryl methyl sites for hydroxylation is 1. The van der Waals surface area contributed by atoms with E-state index in [2.05, 4.69) is 46.1 Å². The van der Waals surface area contributed by atoms with Gasteiger partial charge in [0, 0.05) is 18.8 Å². The molecule has 1 atom stereocenters. The minimum absolute atomic E-state index is 0.140. The van der Waals surface area contributed by atoms with Crippen LogP contribution in [0.2, 0.25) is 0 Å². The SMILES string of the molecule is OCc1ccccc1.c1ccc([C@H]2CCc3nccn32)cc1. The van der Waals surface area contributed by atoms with E-state index in [-0.39, 0.29) is 6.61 Å². The van der Waals surface area contributed by atoms with Crippen molar-refractivity contribution in [3.8, 4) is 0 Å². The van der Waals surface area contributed by atoms with Crippen LogP contribution in [0.5, 0.6) is 0 Å². The molecule has 1 N–H and O–H groups in total. The molecule has 0 radical (unpaired) electrons. The molecule has 1 aliphatic heterocycles. The van der Waals surface area contributed by atoms with E-state index < -0.39 is 0 Å². The van der Waals surface area contributed by atoms with Gasteiger partial charge in [-0.25, -0.2) is 4.98 Å². The summed E-state index contributed by atoms with van der Waals surface area (Å²) in [4.78, 5) is 4.34. The molecule has 22 heavy (non-hydrogen) atoms. The summed E-state index contributed by atoms with van der Waals surface area (Å²) in [5, 5.41) is 8.54. The highest BCUT2D eigenvalue weighted by atomic mass is 16.3. The first-order valence-electron chi connectivity index (χ1n) is 7.60. The number of imidazole rings is 1. The molecule has 4 rings (SSSR count). The van der Waals surface area contributed by atoms with Crippen LogP contribution in [0.3, 0.4) is 0 Å². The van der Waals surface area contributed by atoms with Gasteiger partial charge in [-0.15, -0.1) is 0 Å². The van der Waals surface area contributed by atoms with E-state index in [1.165, 1.54) is 17.8 Å². The van der Waals surface area contributed by atoms with Gasteiger partial charge in [0.1, 0.15) is 5.82 Å². The molecule has 0 saturated carbocycles. The van der Waals surface area contributed by atoms with Gasteiger partial charge in [-0.2, -0.15) is 0 Å². The molecular formula is C19H20N2O. The second-order valence-electron chi connectivity index (χ2n) is 5.36. The summed E-state index contributed by atoms with van der Waals surface area (Å²) in [5.41, 5.74) is 2.36. The van der Waals surface area contributed by atoms with Gasteiger partial charge in [-0.3, -0.25) is 0 Å². The van der Waals surface area contributed by atoms with Crippen LogP contribution in [0.25, 0.3) is 0 Å². The maximum absolute atomic E-state index is 8.54. The average molecular weight is 292 g/mol. The highest BCUT2D eigenvalue weighted by molar-refractivity contribution is 5.23. The third-order valence-electron chi connectivity index (χ3n) is 3.94. The van der Waals surface area contributed by atoms with Crippen molar-refractivity contribution in [3.63, 3.8) is 0 Å². The zero-order valence-corrected chi connectivity index (χ0v) is 12.5. The molecule has 3 aromatic rings. The van der Waals surface area contributed by atoms with E-state index in [0.29, 0.717) is 6.04 Å². The lowest BCUT2D eigenvalue weighted by molar-refractivity contribution is 0.282. The number of aliphatic hydroxyl groups is 1. The van der Waals surface area contributed by atoms with Crippen molar-refractivity contribution in [2.45, 2.75) is 25.5 Å². The molecule has 0 amide bonds. The van der Waals surface area contributed by atoms with Crippen molar-refractivity contribution in [2.24, 2.45) is 0 Å². The first kappa shape index (κ1) is 14.5. The highest BCUT2D eigenvalue weighted by Crippen LogP contribution is 2.30. The van der Waals surface area contributed by atoms with Gasteiger partial charge in [-0.1, -0.05) is 60.7 Å². The molecule has 0 saturated heterocycles. The number of aromatic nitrogens is 2. The Labute approximate surface area is 130 Å². The van der Waals surface area contributed by atoms with Crippen molar-refractivity contribution < 1.29 is 5.11 Å². The Kier molecular flexibility index (Phi) is 4.66. The molecule has 3 nitrogen and oxygen atoms in total. The Bertz CT molecular complexity index is 692. The normalized spacial score (nSPS) is 15.8. The molecule has 2 heterocycles. The molecule has 0 spiro atoms. The van der Waals surface area contributed by atoms with Gasteiger partial charge in [0.05, 0.1) is 12.6 Å². The fourth-order valence-electron chi connectivity index (χ4n) is 2.81. The number of benzene rings is 2. The topological polar surface area (TPSA) is 38.1 Å². The van der Waals surface area contributed by atoms with Crippen molar-refractivity contribution in [1.29, 1.82) is 0 Å². The number of hydrogen-bond acceptors (Lipinski definition) is 2. The molecule has 0 unspecified atom stereocenters. The molecule has 1 aliphatic rings. The molecule has 0 aliphatic carbocycles. The summed E-state index contributed by atoms with van der Waals surface area (Å²) in [6.45, 7) is 0.140. The van der Waals surface area contributed by atoms with E-state index in [1.807, 2.05) is 36.5 Å². The fraction of sp³-hybridized carbons (Fsp3) is 0.211. The van der Waals surface area contributed by atoms with E-state index in [4.69, 9.17) is 5.11 Å². The summed E-state index contributed by atoms with van der Waals surface area (Å²) >= 11 is 0. The van der Waals surface area contributed by atoms with Crippen LogP contribution in [0.15, 0.2) is 73.1 Å². The molecule has 112 valence electrons. The van der Waals surface area contributed by atoms with Crippen LogP contribution in [0.4, 0.5) is 0 Å². The van der Waals surface area contributed by atoms with Crippen LogP contribution < -0.4 is 0 Å². The largest absolute Gasteiger partial charge is 0.392 e. The van der Waals surface area contributed by atoms with Crippen molar-refractivity contribution in [3.05, 3.63) is 90.0 Å². The minimum Gasteiger partial charge on any atom is -0.392 e. The molecule has 2 aromatic carbocycles. The van der Waals surface area contributed by atoms with E-state index in [0.717, 1.165) is 12.0 Å². The third kappa shape index (κ3) is 3.26. The van der Waals surface area contributed by atoms with E-state index >= 15 is 0 Å². The monoisotopic (exact) mass is 292 g/mol. The Morgan fingerprint density at radius 2 is 1.68 bits per heavy atom. The van der Waals surface area contributed by atoms with Crippen molar-refractivity contribution in [1.82, 2.24) is 9.55 Å². The van der Waals surface area contributed by atoms with Crippen LogP contribution in [-0.4, -0.2) is 14.7 Å². The summed E-state index contributed by atoms with van der Waals surface area (Å²) < 4.78 is 2.29. The third-order valence-corrected chi connectivity index (χ3v) is 3.94. The van der Waals surface area contributed by atoms with Crippen molar-refractivity contribution >= 4 is 0 Å². The molecule has 0 bridgehead atoms. The molecule has 1 aromatic heterocycles. The van der Waals surface area contributed by atoms with Gasteiger partial charge < -0.3 is 9.67 Å². The summed E-state index contributed by atoms with van der Waals surface area (Å²) in [6.07, 6.45) is 6.27. The number of hydrogen-bond donors (Lipinski definition) is 1. The Morgan fingerprint density at radius 1 is 1.00 bits per heavy atom. The van der Waals surface area contributed by atoms with Crippen LogP contribution >= 0.6 is 0 Å². The zero-order valence-electron chi connectivity index (χ0n) is 12.5. The first-order valence-corrected chi connectivity index (χ1v) is 7.60. The first-order chi connectivity index (χ1) is 10.9. The lowest BCUT2D eigenvalue weighted by atomic mass is 10.1. The Balaban J connectivity index is 0.000000154. The predicted octanol–water partition coefficient (Wildman–Crippen LogP) is 3.60. The van der Waals surface area contributed by atoms with Crippen LogP contribution in [-0.2, 0) is 13.0 Å². The lowest BCUT2D eigenvalue weighted by Crippen LogP contribution is -2.03. The van der Waals surface area contributed by atoms with Gasteiger partial charge >= 0.3 is 0 Å². The van der Waals surface area contributed by atoms with Gasteiger partial charge in [0.25, 0.3) is 0 Å². The van der Waals surface area contributed by atoms with Crippen molar-refractivity contribution in [2.75, 3.05) is 0 Å². The second-order valence-corrected chi connectivity index (χ2v) is 5.36. The predicted molar refractivity (Wildman–Crippen MR) is 87.5 cm³/mol. The molecule has 0 fully saturated rings. The number of aliphatic hydroxyl groups excluding tert-OH is 1.